The Bertz CT molecular complexity index is 114. The average molecular weight is 497 g/mol. The quantitative estimate of drug-likeness (QED) is 0.148. The number of thiol groups is 3. The zero-order valence-corrected chi connectivity index (χ0v) is 16.3. The van der Waals surface area contributed by atoms with E-state index in [1.807, 2.05) is 22.6 Å². The molecular weight excluding hydrogens is 477 g/mol. The molecule has 14 heavy (non-hydrogen) atoms. The summed E-state index contributed by atoms with van der Waals surface area (Å²) in [7, 11) is 0. The third-order valence-electron chi connectivity index (χ3n) is 1.19. The van der Waals surface area contributed by atoms with Gasteiger partial charge >= 0.3 is 106 Å². The van der Waals surface area contributed by atoms with Gasteiger partial charge in [0.25, 0.3) is 0 Å². The molecule has 1 atom stereocenters. The first-order chi connectivity index (χ1) is 7.26. The molecule has 0 spiro atoms. The summed E-state index contributed by atoms with van der Waals surface area (Å²) in [5.41, 5.74) is 0. The molecule has 0 rings (SSSR count). The Morgan fingerprint density at radius 1 is 1.29 bits per heavy atom. The average Bonchev–Trinajstić information content (AvgIpc) is 2.24. The van der Waals surface area contributed by atoms with Crippen LogP contribution in [0.3, 0.4) is 0 Å². The third kappa shape index (κ3) is 14.8. The fourth-order valence-corrected chi connectivity index (χ4v) is 7.80. The Kier molecular flexibility index (Phi) is 21.9. The van der Waals surface area contributed by atoms with Crippen LogP contribution in [0.1, 0.15) is 1.37 Å². The summed E-state index contributed by atoms with van der Waals surface area (Å²) in [5, 5.41) is 4.03. The van der Waals surface area contributed by atoms with Gasteiger partial charge < -0.3 is 0 Å². The second-order valence-electron chi connectivity index (χ2n) is 2.20. The van der Waals surface area contributed by atoms with Gasteiger partial charge in [-0.2, -0.15) is 0 Å². The zero-order chi connectivity index (χ0) is 11.9. The predicted molar refractivity (Wildman–Crippen MR) is 91.2 cm³/mol. The Balaban J connectivity index is 0. The van der Waals surface area contributed by atoms with Crippen LogP contribution in [0.5, 0.6) is 0 Å². The first-order valence-electron chi connectivity index (χ1n) is 4.84. The van der Waals surface area contributed by atoms with Crippen molar-refractivity contribution in [1.29, 1.82) is 0 Å². The van der Waals surface area contributed by atoms with Gasteiger partial charge in [0.2, 0.25) is 0 Å². The molecule has 0 N–H and O–H groups in total. The number of alkyl halides is 1. The van der Waals surface area contributed by atoms with Crippen molar-refractivity contribution in [3.8, 4) is 0 Å². The molecule has 0 aromatic carbocycles. The van der Waals surface area contributed by atoms with Crippen LogP contribution in [0.15, 0.2) is 0 Å². The van der Waals surface area contributed by atoms with E-state index < -0.39 is 0 Å². The first-order valence-corrected chi connectivity index (χ1v) is 12.2. The summed E-state index contributed by atoms with van der Waals surface area (Å²) in [5.74, 6) is 3.17. The Morgan fingerprint density at radius 2 is 1.86 bits per heavy atom. The Morgan fingerprint density at radius 3 is 2.29 bits per heavy atom. The predicted octanol–water partition coefficient (Wildman–Crippen LogP) is 3.28. The van der Waals surface area contributed by atoms with Crippen LogP contribution >= 0.6 is 60.5 Å². The molecule has 0 aliphatic carbocycles. The van der Waals surface area contributed by atoms with Crippen molar-refractivity contribution in [3.63, 3.8) is 0 Å². The van der Waals surface area contributed by atoms with Gasteiger partial charge in [-0.3, -0.25) is 0 Å². The Hall–Kier alpha value is 2.82. The molecule has 0 saturated heterocycles. The van der Waals surface area contributed by atoms with Crippen molar-refractivity contribution in [3.05, 3.63) is 0 Å². The van der Waals surface area contributed by atoms with E-state index in [1.165, 1.54) is 16.0 Å². The van der Waals surface area contributed by atoms with Crippen LogP contribution in [0.2, 0.25) is 20.8 Å². The standard InChI is InChI=1S/C7H16S3Se2.CH3I/c8-1-3-11-6-7(5-10)12-4-2-9;1-2/h7-10H,1-6H2;1H3/i;1D. The van der Waals surface area contributed by atoms with Crippen LogP contribution in [-0.2, 0) is 0 Å². The van der Waals surface area contributed by atoms with Gasteiger partial charge in [-0.05, 0) is 4.91 Å². The first kappa shape index (κ1) is 16.8. The summed E-state index contributed by atoms with van der Waals surface area (Å²) < 4.78 is 6.20. The number of halogens is 1. The molecule has 0 nitrogen and oxygen atoms in total. The Labute approximate surface area is 133 Å². The molecule has 0 amide bonds. The van der Waals surface area contributed by atoms with Crippen LogP contribution in [0.4, 0.5) is 0 Å². The van der Waals surface area contributed by atoms with E-state index >= 15 is 0 Å². The van der Waals surface area contributed by atoms with Crippen molar-refractivity contribution in [2.45, 2.75) is 20.8 Å². The van der Waals surface area contributed by atoms with E-state index in [1.54, 1.807) is 0 Å². The molecule has 6 heteroatoms. The van der Waals surface area contributed by atoms with Crippen LogP contribution < -0.4 is 0 Å². The fraction of sp³-hybridized carbons (Fsp3) is 1.00. The van der Waals surface area contributed by atoms with Gasteiger partial charge in [0.05, 0.1) is 0 Å². The minimum Gasteiger partial charge on any atom is -0.0901 e. The number of hydrogen-bond acceptors (Lipinski definition) is 3. The van der Waals surface area contributed by atoms with Gasteiger partial charge in [-0.15, -0.1) is 0 Å². The number of rotatable bonds is 8. The molecule has 0 aliphatic heterocycles. The van der Waals surface area contributed by atoms with Crippen molar-refractivity contribution >= 4 is 90.4 Å². The van der Waals surface area contributed by atoms with Crippen molar-refractivity contribution in [2.24, 2.45) is 0 Å². The molecule has 0 aliphatic rings. The second kappa shape index (κ2) is 18.2. The van der Waals surface area contributed by atoms with Gasteiger partial charge in [0, 0.05) is 1.37 Å². The molecule has 0 saturated carbocycles. The molecule has 0 aromatic rings. The van der Waals surface area contributed by atoms with Crippen molar-refractivity contribution in [2.75, 3.05) is 22.2 Å². The van der Waals surface area contributed by atoms with E-state index in [2.05, 4.69) is 37.9 Å². The van der Waals surface area contributed by atoms with Gasteiger partial charge in [0.1, 0.15) is 0 Å². The number of hydrogen-bond donors (Lipinski definition) is 3. The smallest absolute Gasteiger partial charge is 0.0341 e. The summed E-state index contributed by atoms with van der Waals surface area (Å²) in [6.07, 6.45) is 0. The van der Waals surface area contributed by atoms with Gasteiger partial charge in [-0.25, -0.2) is 0 Å². The van der Waals surface area contributed by atoms with Crippen LogP contribution in [0.25, 0.3) is 0 Å². The summed E-state index contributed by atoms with van der Waals surface area (Å²) in [6, 6.07) is 0. The van der Waals surface area contributed by atoms with E-state index in [0.29, 0.717) is 4.91 Å². The fourth-order valence-electron chi connectivity index (χ4n) is 0.652. The van der Waals surface area contributed by atoms with E-state index in [0.717, 1.165) is 52.0 Å². The summed E-state index contributed by atoms with van der Waals surface area (Å²) >= 11 is 16.4. The maximum atomic E-state index is 6.20. The van der Waals surface area contributed by atoms with Gasteiger partial charge in [0.15, 0.2) is 0 Å². The van der Waals surface area contributed by atoms with Crippen molar-refractivity contribution < 1.29 is 1.37 Å². The molecule has 0 radical (unpaired) electrons. The van der Waals surface area contributed by atoms with E-state index in [4.69, 9.17) is 1.37 Å². The molecule has 0 bridgehead atoms. The molecule has 1 unspecified atom stereocenters. The molecule has 0 aromatic heterocycles. The molecular formula is C8H19IS3Se2. The molecule has 0 heterocycles. The van der Waals surface area contributed by atoms with E-state index in [-0.39, 0.29) is 0 Å². The van der Waals surface area contributed by atoms with Crippen LogP contribution in [-0.4, -0.2) is 52.1 Å². The normalized spacial score (nSPS) is 12.7. The summed E-state index contributed by atoms with van der Waals surface area (Å²) in [6.45, 7) is 0. The molecule has 88 valence electrons. The van der Waals surface area contributed by atoms with Crippen molar-refractivity contribution in [1.82, 2.24) is 0 Å². The minimum absolute atomic E-state index is 0.470. The third-order valence-corrected chi connectivity index (χ3v) is 10.0. The zero-order valence-electron chi connectivity index (χ0n) is 9.06. The maximum absolute atomic E-state index is 6.20. The second-order valence-corrected chi connectivity index (χ2v) is 8.82. The largest absolute Gasteiger partial charge is 0.0901 e. The maximum Gasteiger partial charge on any atom is 0.0341 e. The topological polar surface area (TPSA) is 0 Å². The van der Waals surface area contributed by atoms with Crippen LogP contribution in [0, 0.1) is 0 Å². The SMILES string of the molecule is SCC[Se]CC(CS)[Se]CCS.[2H]CI. The molecule has 0 fully saturated rings. The monoisotopic (exact) mass is 499 g/mol. The van der Waals surface area contributed by atoms with Gasteiger partial charge in [-0.1, -0.05) is 22.6 Å². The minimum atomic E-state index is 0.470. The van der Waals surface area contributed by atoms with E-state index in [9.17, 15) is 0 Å². The summed E-state index contributed by atoms with van der Waals surface area (Å²) in [4.78, 5) is 1.37.